The summed E-state index contributed by atoms with van der Waals surface area (Å²) in [4.78, 5) is 37.3. The van der Waals surface area contributed by atoms with Crippen molar-refractivity contribution in [2.75, 3.05) is 44.4 Å². The third kappa shape index (κ3) is 5.45. The second-order valence-electron chi connectivity index (χ2n) is 6.31. The first-order chi connectivity index (χ1) is 12.4. The Morgan fingerprint density at radius 2 is 1.88 bits per heavy atom. The highest BCUT2D eigenvalue weighted by Crippen LogP contribution is 2.28. The van der Waals surface area contributed by atoms with Crippen molar-refractivity contribution >= 4 is 29.1 Å². The number of anilines is 2. The van der Waals surface area contributed by atoms with Crippen LogP contribution in [0.4, 0.5) is 11.4 Å². The summed E-state index contributed by atoms with van der Waals surface area (Å²) < 4.78 is 5.26. The molecule has 0 saturated carbocycles. The first-order valence-corrected chi connectivity index (χ1v) is 8.62. The number of amides is 3. The molecule has 3 amide bonds. The molecule has 8 nitrogen and oxygen atoms in total. The fourth-order valence-corrected chi connectivity index (χ4v) is 3.04. The number of hydrogen-bond donors (Lipinski definition) is 3. The summed E-state index contributed by atoms with van der Waals surface area (Å²) in [6, 6.07) is 5.06. The zero-order chi connectivity index (χ0) is 19.1. The van der Waals surface area contributed by atoms with Gasteiger partial charge in [-0.25, -0.2) is 0 Å². The molecular formula is C18H26N4O4. The highest BCUT2D eigenvalue weighted by molar-refractivity contribution is 5.95. The average Bonchev–Trinajstić information content (AvgIpc) is 2.61. The third-order valence-electron chi connectivity index (χ3n) is 4.37. The van der Waals surface area contributed by atoms with Gasteiger partial charge < -0.3 is 20.7 Å². The molecule has 26 heavy (non-hydrogen) atoms. The van der Waals surface area contributed by atoms with Gasteiger partial charge in [-0.2, -0.15) is 0 Å². The molecule has 0 unspecified atom stereocenters. The molecule has 0 aliphatic carbocycles. The van der Waals surface area contributed by atoms with E-state index in [9.17, 15) is 14.4 Å². The Balaban J connectivity index is 1.93. The van der Waals surface area contributed by atoms with Gasteiger partial charge in [0.05, 0.1) is 19.3 Å². The number of benzene rings is 1. The van der Waals surface area contributed by atoms with Crippen molar-refractivity contribution in [2.45, 2.75) is 19.8 Å². The standard InChI is InChI=1S/C18H26N4O4/c1-12(23)20-14-4-5-16(26-3)15(10-14)21-17(24)11-22-8-6-13(7-9-22)18(25)19-2/h4-5,10,13H,6-9,11H2,1-3H3,(H,19,25)(H,20,23)(H,21,24). The summed E-state index contributed by atoms with van der Waals surface area (Å²) in [6.45, 7) is 3.07. The Labute approximate surface area is 153 Å². The number of methoxy groups -OCH3 is 1. The number of nitrogens with zero attached hydrogens (tertiary/aromatic N) is 1. The molecule has 1 heterocycles. The Bertz CT molecular complexity index is 669. The lowest BCUT2D eigenvalue weighted by molar-refractivity contribution is -0.126. The summed E-state index contributed by atoms with van der Waals surface area (Å²) in [5, 5.41) is 8.18. The van der Waals surface area contributed by atoms with Crippen molar-refractivity contribution in [3.05, 3.63) is 18.2 Å². The van der Waals surface area contributed by atoms with E-state index in [1.54, 1.807) is 25.2 Å². The van der Waals surface area contributed by atoms with Gasteiger partial charge in [0.25, 0.3) is 0 Å². The molecule has 2 rings (SSSR count). The van der Waals surface area contributed by atoms with Gasteiger partial charge in [-0.15, -0.1) is 0 Å². The van der Waals surface area contributed by atoms with E-state index in [2.05, 4.69) is 16.0 Å². The van der Waals surface area contributed by atoms with Crippen LogP contribution in [0.1, 0.15) is 19.8 Å². The van der Waals surface area contributed by atoms with Gasteiger partial charge in [0, 0.05) is 25.6 Å². The number of carbonyl (C=O) groups is 3. The van der Waals surface area contributed by atoms with Crippen molar-refractivity contribution in [2.24, 2.45) is 5.92 Å². The van der Waals surface area contributed by atoms with Gasteiger partial charge in [0.15, 0.2) is 0 Å². The van der Waals surface area contributed by atoms with E-state index < -0.39 is 0 Å². The quantitative estimate of drug-likeness (QED) is 0.702. The number of ether oxygens (including phenoxy) is 1. The maximum absolute atomic E-state index is 12.4. The Morgan fingerprint density at radius 3 is 2.46 bits per heavy atom. The van der Waals surface area contributed by atoms with Crippen LogP contribution < -0.4 is 20.7 Å². The SMILES string of the molecule is CNC(=O)C1CCN(CC(=O)Nc2cc(NC(C)=O)ccc2OC)CC1. The molecule has 8 heteroatoms. The number of hydrogen-bond acceptors (Lipinski definition) is 5. The number of nitrogens with one attached hydrogen (secondary N) is 3. The van der Waals surface area contributed by atoms with Crippen LogP contribution >= 0.6 is 0 Å². The van der Waals surface area contributed by atoms with E-state index in [1.807, 2.05) is 4.90 Å². The molecule has 0 radical (unpaired) electrons. The molecule has 1 aromatic rings. The van der Waals surface area contributed by atoms with Crippen LogP contribution in [0.5, 0.6) is 5.75 Å². The van der Waals surface area contributed by atoms with Crippen LogP contribution in [-0.2, 0) is 14.4 Å². The summed E-state index contributed by atoms with van der Waals surface area (Å²) in [5.41, 5.74) is 1.09. The minimum absolute atomic E-state index is 0.0220. The smallest absolute Gasteiger partial charge is 0.238 e. The normalized spacial score (nSPS) is 15.2. The summed E-state index contributed by atoms with van der Waals surface area (Å²) in [6.07, 6.45) is 1.49. The van der Waals surface area contributed by atoms with Crippen LogP contribution in [-0.4, -0.2) is 56.4 Å². The Kier molecular flexibility index (Phi) is 6.97. The monoisotopic (exact) mass is 362 g/mol. The minimum atomic E-state index is -0.188. The lowest BCUT2D eigenvalue weighted by Crippen LogP contribution is -2.42. The third-order valence-corrected chi connectivity index (χ3v) is 4.37. The van der Waals surface area contributed by atoms with Crippen molar-refractivity contribution in [1.82, 2.24) is 10.2 Å². The zero-order valence-electron chi connectivity index (χ0n) is 15.4. The average molecular weight is 362 g/mol. The maximum Gasteiger partial charge on any atom is 0.238 e. The van der Waals surface area contributed by atoms with Crippen molar-refractivity contribution in [3.63, 3.8) is 0 Å². The van der Waals surface area contributed by atoms with Crippen molar-refractivity contribution in [1.29, 1.82) is 0 Å². The van der Waals surface area contributed by atoms with E-state index >= 15 is 0 Å². The van der Waals surface area contributed by atoms with Gasteiger partial charge >= 0.3 is 0 Å². The Morgan fingerprint density at radius 1 is 1.19 bits per heavy atom. The molecule has 1 aromatic carbocycles. The number of likely N-dealkylation sites (tertiary alicyclic amines) is 1. The summed E-state index contributed by atoms with van der Waals surface area (Å²) >= 11 is 0. The first-order valence-electron chi connectivity index (χ1n) is 8.62. The van der Waals surface area contributed by atoms with E-state index in [4.69, 9.17) is 4.74 Å². The molecule has 1 fully saturated rings. The van der Waals surface area contributed by atoms with E-state index in [-0.39, 0.29) is 30.2 Å². The fourth-order valence-electron chi connectivity index (χ4n) is 3.04. The van der Waals surface area contributed by atoms with Gasteiger partial charge in [-0.3, -0.25) is 19.3 Å². The molecule has 0 bridgehead atoms. The molecule has 3 N–H and O–H groups in total. The van der Waals surface area contributed by atoms with Crippen molar-refractivity contribution in [3.8, 4) is 5.75 Å². The predicted octanol–water partition coefficient (Wildman–Crippen LogP) is 1.05. The molecule has 0 atom stereocenters. The summed E-state index contributed by atoms with van der Waals surface area (Å²) in [7, 11) is 3.16. The van der Waals surface area contributed by atoms with Crippen LogP contribution in [0.15, 0.2) is 18.2 Å². The molecule has 1 aliphatic rings. The molecule has 142 valence electrons. The summed E-state index contributed by atoms with van der Waals surface area (Å²) in [5.74, 6) is 0.251. The molecule has 0 aromatic heterocycles. The highest BCUT2D eigenvalue weighted by atomic mass is 16.5. The topological polar surface area (TPSA) is 99.8 Å². The van der Waals surface area contributed by atoms with Gasteiger partial charge in [-0.05, 0) is 44.1 Å². The van der Waals surface area contributed by atoms with E-state index in [0.717, 1.165) is 12.8 Å². The maximum atomic E-state index is 12.4. The highest BCUT2D eigenvalue weighted by Gasteiger charge is 2.25. The lowest BCUT2D eigenvalue weighted by Gasteiger charge is -2.30. The zero-order valence-corrected chi connectivity index (χ0v) is 15.4. The fraction of sp³-hybridized carbons (Fsp3) is 0.500. The van der Waals surface area contributed by atoms with Gasteiger partial charge in [0.1, 0.15) is 5.75 Å². The minimum Gasteiger partial charge on any atom is -0.495 e. The molecule has 1 aliphatic heterocycles. The van der Waals surface area contributed by atoms with Gasteiger partial charge in [0.2, 0.25) is 17.7 Å². The first kappa shape index (κ1) is 19.7. The van der Waals surface area contributed by atoms with Crippen LogP contribution in [0.3, 0.4) is 0 Å². The van der Waals surface area contributed by atoms with E-state index in [0.29, 0.717) is 30.2 Å². The number of carbonyl (C=O) groups excluding carboxylic acids is 3. The van der Waals surface area contributed by atoms with Crippen LogP contribution in [0.25, 0.3) is 0 Å². The van der Waals surface area contributed by atoms with E-state index in [1.165, 1.54) is 14.0 Å². The molecule has 1 saturated heterocycles. The van der Waals surface area contributed by atoms with Crippen LogP contribution in [0.2, 0.25) is 0 Å². The molecule has 0 spiro atoms. The number of piperidine rings is 1. The van der Waals surface area contributed by atoms with Crippen molar-refractivity contribution < 1.29 is 19.1 Å². The van der Waals surface area contributed by atoms with Gasteiger partial charge in [-0.1, -0.05) is 0 Å². The second-order valence-corrected chi connectivity index (χ2v) is 6.31. The molecular weight excluding hydrogens is 336 g/mol. The van der Waals surface area contributed by atoms with Crippen LogP contribution in [0, 0.1) is 5.92 Å². The lowest BCUT2D eigenvalue weighted by atomic mass is 9.96. The largest absolute Gasteiger partial charge is 0.495 e. The Hall–Kier alpha value is -2.61. The predicted molar refractivity (Wildman–Crippen MR) is 99.2 cm³/mol. The second kappa shape index (κ2) is 9.19. The number of rotatable bonds is 6.